The summed E-state index contributed by atoms with van der Waals surface area (Å²) in [5.74, 6) is -0.198. The van der Waals surface area contributed by atoms with E-state index in [1.807, 2.05) is 43.1 Å². The van der Waals surface area contributed by atoms with Gasteiger partial charge in [0, 0.05) is 25.0 Å². The average Bonchev–Trinajstić information content (AvgIpc) is 2.44. The molecule has 3 heteroatoms. The van der Waals surface area contributed by atoms with E-state index in [2.05, 4.69) is 18.3 Å². The van der Waals surface area contributed by atoms with E-state index in [0.29, 0.717) is 6.54 Å². The van der Waals surface area contributed by atoms with Gasteiger partial charge >= 0.3 is 0 Å². The normalized spacial score (nSPS) is 10.6. The Kier molecular flexibility index (Phi) is 4.74. The fraction of sp³-hybridized carbons (Fsp3) is 0.294. The first-order valence-electron chi connectivity index (χ1n) is 6.91. The highest BCUT2D eigenvalue weighted by molar-refractivity contribution is 5.66. The van der Waals surface area contributed by atoms with E-state index < -0.39 is 0 Å². The molecule has 0 saturated carbocycles. The van der Waals surface area contributed by atoms with Gasteiger partial charge in [-0.2, -0.15) is 0 Å². The number of rotatable bonds is 5. The number of halogens is 1. The maximum absolute atomic E-state index is 13.8. The molecule has 0 aliphatic rings. The zero-order chi connectivity index (χ0) is 14.5. The number of para-hydroxylation sites is 1. The molecule has 2 rings (SSSR count). The van der Waals surface area contributed by atoms with E-state index in [0.717, 1.165) is 23.5 Å². The molecule has 0 radical (unpaired) electrons. The molecule has 0 unspecified atom stereocenters. The molecule has 0 spiro atoms. The largest absolute Gasteiger partial charge is 0.344 e. The van der Waals surface area contributed by atoms with Crippen molar-refractivity contribution in [2.45, 2.75) is 20.4 Å². The van der Waals surface area contributed by atoms with Gasteiger partial charge in [-0.1, -0.05) is 25.1 Å². The first-order chi connectivity index (χ1) is 9.61. The fourth-order valence-electron chi connectivity index (χ4n) is 2.28. The van der Waals surface area contributed by atoms with Crippen LogP contribution in [0.15, 0.2) is 42.5 Å². The van der Waals surface area contributed by atoms with Gasteiger partial charge in [-0.25, -0.2) is 4.39 Å². The maximum Gasteiger partial charge on any atom is 0.125 e. The van der Waals surface area contributed by atoms with Crippen LogP contribution in [-0.2, 0) is 6.54 Å². The van der Waals surface area contributed by atoms with Crippen molar-refractivity contribution in [2.75, 3.05) is 18.5 Å². The predicted octanol–water partition coefficient (Wildman–Crippen LogP) is 4.01. The molecule has 0 aliphatic carbocycles. The number of aryl methyl sites for hydroxylation is 1. The number of hydrogen-bond acceptors (Lipinski definition) is 2. The van der Waals surface area contributed by atoms with Crippen LogP contribution in [0.25, 0.3) is 0 Å². The van der Waals surface area contributed by atoms with Crippen LogP contribution < -0.4 is 10.2 Å². The number of hydrogen-bond donors (Lipinski definition) is 1. The van der Waals surface area contributed by atoms with Crippen molar-refractivity contribution < 1.29 is 4.39 Å². The van der Waals surface area contributed by atoms with Crippen LogP contribution in [0.1, 0.15) is 18.1 Å². The molecule has 0 aromatic heterocycles. The lowest BCUT2D eigenvalue weighted by Gasteiger charge is -2.22. The monoisotopic (exact) mass is 272 g/mol. The number of anilines is 2. The SMILES string of the molecule is CCNCc1cc(F)cc(N(C)c2ccccc2C)c1. The molecule has 0 heterocycles. The summed E-state index contributed by atoms with van der Waals surface area (Å²) in [5.41, 5.74) is 4.09. The Bertz CT molecular complexity index is 581. The van der Waals surface area contributed by atoms with Crippen LogP contribution in [0, 0.1) is 12.7 Å². The first kappa shape index (κ1) is 14.5. The van der Waals surface area contributed by atoms with Gasteiger partial charge in [-0.05, 0) is 48.9 Å². The summed E-state index contributed by atoms with van der Waals surface area (Å²) in [6, 6.07) is 13.3. The van der Waals surface area contributed by atoms with E-state index in [1.165, 1.54) is 5.56 Å². The van der Waals surface area contributed by atoms with Crippen molar-refractivity contribution in [2.24, 2.45) is 0 Å². The Morgan fingerprint density at radius 1 is 1.15 bits per heavy atom. The van der Waals surface area contributed by atoms with Gasteiger partial charge in [-0.3, -0.25) is 0 Å². The van der Waals surface area contributed by atoms with Crippen molar-refractivity contribution >= 4 is 11.4 Å². The summed E-state index contributed by atoms with van der Waals surface area (Å²) in [6.45, 7) is 5.66. The molecule has 0 bridgehead atoms. The third kappa shape index (κ3) is 3.36. The second kappa shape index (κ2) is 6.53. The molecular formula is C17H21FN2. The molecular weight excluding hydrogens is 251 g/mol. The second-order valence-corrected chi connectivity index (χ2v) is 4.94. The molecule has 20 heavy (non-hydrogen) atoms. The summed E-state index contributed by atoms with van der Waals surface area (Å²) >= 11 is 0. The highest BCUT2D eigenvalue weighted by Gasteiger charge is 2.09. The predicted molar refractivity (Wildman–Crippen MR) is 83.0 cm³/mol. The van der Waals surface area contributed by atoms with Crippen LogP contribution in [-0.4, -0.2) is 13.6 Å². The van der Waals surface area contributed by atoms with Crippen molar-refractivity contribution in [3.8, 4) is 0 Å². The van der Waals surface area contributed by atoms with Crippen molar-refractivity contribution in [3.05, 3.63) is 59.4 Å². The Morgan fingerprint density at radius 3 is 2.60 bits per heavy atom. The number of nitrogens with one attached hydrogen (secondary N) is 1. The second-order valence-electron chi connectivity index (χ2n) is 4.94. The summed E-state index contributed by atoms with van der Waals surface area (Å²) in [6.07, 6.45) is 0. The summed E-state index contributed by atoms with van der Waals surface area (Å²) in [7, 11) is 1.97. The number of nitrogens with zero attached hydrogens (tertiary/aromatic N) is 1. The minimum absolute atomic E-state index is 0.198. The average molecular weight is 272 g/mol. The van der Waals surface area contributed by atoms with Crippen LogP contribution in [0.4, 0.5) is 15.8 Å². The molecule has 2 nitrogen and oxygen atoms in total. The lowest BCUT2D eigenvalue weighted by molar-refractivity contribution is 0.622. The van der Waals surface area contributed by atoms with Crippen molar-refractivity contribution in [3.63, 3.8) is 0 Å². The lowest BCUT2D eigenvalue weighted by atomic mass is 10.1. The standard InChI is InChI=1S/C17H21FN2/c1-4-19-12-14-9-15(18)11-16(10-14)20(3)17-8-6-5-7-13(17)2/h5-11,19H,4,12H2,1-3H3. The molecule has 0 atom stereocenters. The highest BCUT2D eigenvalue weighted by atomic mass is 19.1. The van der Waals surface area contributed by atoms with Crippen LogP contribution in [0.2, 0.25) is 0 Å². The third-order valence-electron chi connectivity index (χ3n) is 3.39. The fourth-order valence-corrected chi connectivity index (χ4v) is 2.28. The first-order valence-corrected chi connectivity index (χ1v) is 6.91. The topological polar surface area (TPSA) is 15.3 Å². The van der Waals surface area contributed by atoms with Crippen molar-refractivity contribution in [1.82, 2.24) is 5.32 Å². The van der Waals surface area contributed by atoms with E-state index >= 15 is 0 Å². The van der Waals surface area contributed by atoms with Crippen LogP contribution in [0.3, 0.4) is 0 Å². The molecule has 0 saturated heterocycles. The third-order valence-corrected chi connectivity index (χ3v) is 3.39. The Hall–Kier alpha value is -1.87. The smallest absolute Gasteiger partial charge is 0.125 e. The van der Waals surface area contributed by atoms with E-state index in [9.17, 15) is 4.39 Å². The highest BCUT2D eigenvalue weighted by Crippen LogP contribution is 2.27. The Balaban J connectivity index is 2.32. The van der Waals surface area contributed by atoms with Gasteiger partial charge in [-0.15, -0.1) is 0 Å². The van der Waals surface area contributed by atoms with Crippen LogP contribution >= 0.6 is 0 Å². The van der Waals surface area contributed by atoms with Crippen LogP contribution in [0.5, 0.6) is 0 Å². The van der Waals surface area contributed by atoms with Gasteiger partial charge in [0.05, 0.1) is 0 Å². The van der Waals surface area contributed by atoms with E-state index in [4.69, 9.17) is 0 Å². The summed E-state index contributed by atoms with van der Waals surface area (Å²) in [5, 5.41) is 3.22. The zero-order valence-electron chi connectivity index (χ0n) is 12.3. The maximum atomic E-state index is 13.8. The van der Waals surface area contributed by atoms with Gasteiger partial charge in [0.15, 0.2) is 0 Å². The van der Waals surface area contributed by atoms with Gasteiger partial charge < -0.3 is 10.2 Å². The lowest BCUT2D eigenvalue weighted by Crippen LogP contribution is -2.14. The molecule has 1 N–H and O–H groups in total. The summed E-state index contributed by atoms with van der Waals surface area (Å²) in [4.78, 5) is 2.02. The molecule has 2 aromatic carbocycles. The molecule has 106 valence electrons. The van der Waals surface area contributed by atoms with E-state index in [-0.39, 0.29) is 5.82 Å². The molecule has 0 aliphatic heterocycles. The molecule has 0 fully saturated rings. The quantitative estimate of drug-likeness (QED) is 0.884. The van der Waals surface area contributed by atoms with Gasteiger partial charge in [0.25, 0.3) is 0 Å². The van der Waals surface area contributed by atoms with Gasteiger partial charge in [0.2, 0.25) is 0 Å². The zero-order valence-corrected chi connectivity index (χ0v) is 12.3. The minimum atomic E-state index is -0.198. The molecule has 2 aromatic rings. The van der Waals surface area contributed by atoms with E-state index in [1.54, 1.807) is 12.1 Å². The number of benzene rings is 2. The van der Waals surface area contributed by atoms with Crippen molar-refractivity contribution in [1.29, 1.82) is 0 Å². The molecule has 0 amide bonds. The minimum Gasteiger partial charge on any atom is -0.344 e. The van der Waals surface area contributed by atoms with Gasteiger partial charge in [0.1, 0.15) is 5.82 Å². The Morgan fingerprint density at radius 2 is 1.90 bits per heavy atom. The Labute approximate surface area is 120 Å². The summed E-state index contributed by atoms with van der Waals surface area (Å²) < 4.78 is 13.8.